The molecule has 2 aromatic rings. The van der Waals surface area contributed by atoms with Gasteiger partial charge >= 0.3 is 11.7 Å². The minimum Gasteiger partial charge on any atom is -0.480 e. The third-order valence-corrected chi connectivity index (χ3v) is 7.14. The summed E-state index contributed by atoms with van der Waals surface area (Å²) < 4.78 is 1.60. The lowest BCUT2D eigenvalue weighted by Crippen LogP contribution is -2.42. The lowest BCUT2D eigenvalue weighted by atomic mass is 10.1. The first-order valence-electron chi connectivity index (χ1n) is 12.1. The fourth-order valence-electron chi connectivity index (χ4n) is 3.84. The van der Waals surface area contributed by atoms with E-state index in [1.165, 1.54) is 21.0 Å². The van der Waals surface area contributed by atoms with Crippen molar-refractivity contribution in [2.24, 2.45) is 7.05 Å². The molecule has 0 fully saturated rings. The fourth-order valence-corrected chi connectivity index (χ4v) is 5.11. The Bertz CT molecular complexity index is 1070. The highest BCUT2D eigenvalue weighted by Gasteiger charge is 2.33. The Hall–Kier alpha value is -2.55. The maximum Gasteiger partial charge on any atom is 0.347 e. The molecular formula is C25H38N4O4S. The standard InChI is InChI=1S/C25H38N4O4S/c1-5-7-8-9-10-17-29-22(30)21(27-28(4)24(29)33)26-16-14-19-12-11-13-20(18-19)34-25(3,15-6-2)23(31)32/h11-13,18H,5-10,14-17H2,1-4H3,(H,26,27)(H,31,32). The number of benzene rings is 1. The topological polar surface area (TPSA) is 106 Å². The Kier molecular flexibility index (Phi) is 10.9. The smallest absolute Gasteiger partial charge is 0.347 e. The average Bonchev–Trinajstić information content (AvgIpc) is 2.79. The summed E-state index contributed by atoms with van der Waals surface area (Å²) in [6, 6.07) is 7.81. The van der Waals surface area contributed by atoms with Gasteiger partial charge in [0.2, 0.25) is 5.82 Å². The Labute approximate surface area is 205 Å². The summed E-state index contributed by atoms with van der Waals surface area (Å²) in [4.78, 5) is 37.9. The number of hydrogen-bond acceptors (Lipinski definition) is 6. The molecule has 0 aliphatic rings. The second-order valence-electron chi connectivity index (χ2n) is 8.84. The highest BCUT2D eigenvalue weighted by atomic mass is 32.2. The van der Waals surface area contributed by atoms with Crippen molar-refractivity contribution in [2.75, 3.05) is 11.9 Å². The minimum absolute atomic E-state index is 0.169. The van der Waals surface area contributed by atoms with Crippen LogP contribution >= 0.6 is 11.8 Å². The molecule has 34 heavy (non-hydrogen) atoms. The van der Waals surface area contributed by atoms with Gasteiger partial charge in [-0.25, -0.2) is 9.48 Å². The number of anilines is 1. The zero-order chi connectivity index (χ0) is 25.1. The first kappa shape index (κ1) is 27.7. The monoisotopic (exact) mass is 490 g/mol. The summed E-state index contributed by atoms with van der Waals surface area (Å²) >= 11 is 1.36. The van der Waals surface area contributed by atoms with Gasteiger partial charge in [-0.1, -0.05) is 58.1 Å². The van der Waals surface area contributed by atoms with Crippen LogP contribution in [0.3, 0.4) is 0 Å². The number of thioether (sulfide) groups is 1. The van der Waals surface area contributed by atoms with Crippen LogP contribution in [0.15, 0.2) is 38.8 Å². The summed E-state index contributed by atoms with van der Waals surface area (Å²) in [5.41, 5.74) is 0.242. The molecule has 0 spiro atoms. The van der Waals surface area contributed by atoms with Crippen molar-refractivity contribution >= 4 is 23.5 Å². The molecule has 2 rings (SSSR count). The van der Waals surface area contributed by atoms with E-state index in [2.05, 4.69) is 17.3 Å². The van der Waals surface area contributed by atoms with Crippen molar-refractivity contribution in [3.63, 3.8) is 0 Å². The Morgan fingerprint density at radius 2 is 1.88 bits per heavy atom. The van der Waals surface area contributed by atoms with E-state index < -0.39 is 16.4 Å². The summed E-state index contributed by atoms with van der Waals surface area (Å²) in [5, 5.41) is 16.9. The van der Waals surface area contributed by atoms with Crippen LogP contribution < -0.4 is 16.6 Å². The molecule has 2 N–H and O–H groups in total. The molecule has 188 valence electrons. The van der Waals surface area contributed by atoms with E-state index in [0.717, 1.165) is 49.0 Å². The van der Waals surface area contributed by atoms with Gasteiger partial charge in [0, 0.05) is 25.0 Å². The Balaban J connectivity index is 2.04. The average molecular weight is 491 g/mol. The quantitative estimate of drug-likeness (QED) is 0.283. The molecule has 0 amide bonds. The number of carboxylic acids is 1. The first-order chi connectivity index (χ1) is 16.2. The van der Waals surface area contributed by atoms with Gasteiger partial charge in [-0.05, 0) is 43.9 Å². The largest absolute Gasteiger partial charge is 0.480 e. The van der Waals surface area contributed by atoms with Gasteiger partial charge in [0.15, 0.2) is 0 Å². The number of carboxylic acid groups (broad SMARTS) is 1. The zero-order valence-corrected chi connectivity index (χ0v) is 21.6. The van der Waals surface area contributed by atoms with Gasteiger partial charge in [-0.3, -0.25) is 14.2 Å². The zero-order valence-electron chi connectivity index (χ0n) is 20.8. The van der Waals surface area contributed by atoms with Crippen molar-refractivity contribution in [1.82, 2.24) is 14.3 Å². The molecule has 0 aliphatic heterocycles. The van der Waals surface area contributed by atoms with Gasteiger partial charge in [0.1, 0.15) is 4.75 Å². The predicted octanol–water partition coefficient (Wildman–Crippen LogP) is 4.30. The van der Waals surface area contributed by atoms with E-state index in [4.69, 9.17) is 0 Å². The van der Waals surface area contributed by atoms with E-state index in [9.17, 15) is 19.5 Å². The highest BCUT2D eigenvalue weighted by Crippen LogP contribution is 2.37. The Morgan fingerprint density at radius 1 is 1.15 bits per heavy atom. The molecule has 0 aliphatic carbocycles. The lowest BCUT2D eigenvalue weighted by molar-refractivity contribution is -0.139. The summed E-state index contributed by atoms with van der Waals surface area (Å²) in [6.07, 6.45) is 7.19. The van der Waals surface area contributed by atoms with E-state index >= 15 is 0 Å². The predicted molar refractivity (Wildman–Crippen MR) is 138 cm³/mol. The number of unbranched alkanes of at least 4 members (excludes halogenated alkanes) is 4. The van der Waals surface area contributed by atoms with E-state index in [0.29, 0.717) is 25.9 Å². The lowest BCUT2D eigenvalue weighted by Gasteiger charge is -2.23. The van der Waals surface area contributed by atoms with Crippen LogP contribution in [0.4, 0.5) is 5.82 Å². The van der Waals surface area contributed by atoms with Crippen LogP contribution in [0.1, 0.15) is 71.3 Å². The maximum atomic E-state index is 12.8. The van der Waals surface area contributed by atoms with Crippen molar-refractivity contribution in [1.29, 1.82) is 0 Å². The number of hydrogen-bond donors (Lipinski definition) is 2. The minimum atomic E-state index is -0.869. The van der Waals surface area contributed by atoms with Crippen molar-refractivity contribution in [3.8, 4) is 0 Å². The fraction of sp³-hybridized carbons (Fsp3) is 0.600. The number of nitrogens with zero attached hydrogens (tertiary/aromatic N) is 3. The molecule has 1 unspecified atom stereocenters. The normalized spacial score (nSPS) is 12.9. The van der Waals surface area contributed by atoms with Crippen LogP contribution in [0.5, 0.6) is 0 Å². The number of aliphatic carboxylic acids is 1. The molecule has 1 aromatic heterocycles. The van der Waals surface area contributed by atoms with E-state index in [-0.39, 0.29) is 11.4 Å². The summed E-state index contributed by atoms with van der Waals surface area (Å²) in [6.45, 7) is 6.76. The molecule has 0 saturated heterocycles. The van der Waals surface area contributed by atoms with Crippen LogP contribution in [0, 0.1) is 0 Å². The number of nitrogens with one attached hydrogen (secondary N) is 1. The van der Waals surface area contributed by atoms with E-state index in [1.54, 1.807) is 14.0 Å². The number of carbonyl (C=O) groups is 1. The molecule has 0 radical (unpaired) electrons. The SMILES string of the molecule is CCCCCCCn1c(=O)c(NCCc2cccc(SC(C)(CCC)C(=O)O)c2)nn(C)c1=O. The van der Waals surface area contributed by atoms with Crippen molar-refractivity contribution in [3.05, 3.63) is 50.7 Å². The highest BCUT2D eigenvalue weighted by molar-refractivity contribution is 8.01. The van der Waals surface area contributed by atoms with Gasteiger partial charge in [0.25, 0.3) is 5.56 Å². The molecule has 8 nitrogen and oxygen atoms in total. The number of rotatable bonds is 15. The summed E-state index contributed by atoms with van der Waals surface area (Å²) in [7, 11) is 1.55. The molecule has 0 saturated carbocycles. The van der Waals surface area contributed by atoms with Gasteiger partial charge in [0.05, 0.1) is 0 Å². The van der Waals surface area contributed by atoms with Crippen LogP contribution in [0.25, 0.3) is 0 Å². The van der Waals surface area contributed by atoms with Crippen LogP contribution in [0.2, 0.25) is 0 Å². The third-order valence-electron chi connectivity index (χ3n) is 5.82. The van der Waals surface area contributed by atoms with Gasteiger partial charge in [-0.15, -0.1) is 16.9 Å². The van der Waals surface area contributed by atoms with Gasteiger partial charge < -0.3 is 10.4 Å². The van der Waals surface area contributed by atoms with Crippen molar-refractivity contribution in [2.45, 2.75) is 88.3 Å². The van der Waals surface area contributed by atoms with Crippen LogP contribution in [-0.2, 0) is 24.8 Å². The molecule has 1 atom stereocenters. The van der Waals surface area contributed by atoms with Crippen molar-refractivity contribution < 1.29 is 9.90 Å². The third kappa shape index (κ3) is 7.75. The molecular weight excluding hydrogens is 452 g/mol. The molecule has 1 heterocycles. The second kappa shape index (κ2) is 13.4. The second-order valence-corrected chi connectivity index (χ2v) is 10.4. The molecule has 0 bridgehead atoms. The summed E-state index contributed by atoms with van der Waals surface area (Å²) in [5.74, 6) is -0.642. The van der Waals surface area contributed by atoms with Crippen LogP contribution in [-0.4, -0.2) is 36.7 Å². The molecule has 1 aromatic carbocycles. The number of aryl methyl sites for hydroxylation is 1. The first-order valence-corrected chi connectivity index (χ1v) is 13.0. The molecule has 9 heteroatoms. The van der Waals surface area contributed by atoms with Gasteiger partial charge in [-0.2, -0.15) is 0 Å². The number of aromatic nitrogens is 3. The Morgan fingerprint density at radius 3 is 2.56 bits per heavy atom. The maximum absolute atomic E-state index is 12.8. The van der Waals surface area contributed by atoms with E-state index in [1.807, 2.05) is 31.2 Å².